The Hall–Kier alpha value is -0.800. The van der Waals surface area contributed by atoms with Crippen molar-refractivity contribution in [1.29, 1.82) is 0 Å². The van der Waals surface area contributed by atoms with Crippen LogP contribution in [0, 0.1) is 0 Å². The molecule has 1 aromatic heterocycles. The zero-order valence-corrected chi connectivity index (χ0v) is 5.22. The first kappa shape index (κ1) is 6.32. The van der Waals surface area contributed by atoms with Gasteiger partial charge in [0.15, 0.2) is 0 Å². The van der Waals surface area contributed by atoms with Gasteiger partial charge in [-0.3, -0.25) is 5.32 Å². The molecule has 0 spiro atoms. The zero-order chi connectivity index (χ0) is 6.53. The molecule has 0 aromatic carbocycles. The van der Waals surface area contributed by atoms with Crippen molar-refractivity contribution in [1.82, 2.24) is 10.3 Å². The summed E-state index contributed by atoms with van der Waals surface area (Å²) < 4.78 is 0. The third-order valence-corrected chi connectivity index (χ3v) is 1.12. The molecule has 1 rings (SSSR count). The van der Waals surface area contributed by atoms with Crippen LogP contribution in [0.4, 0.5) is 0 Å². The van der Waals surface area contributed by atoms with Crippen LogP contribution in [0.1, 0.15) is 5.69 Å². The Kier molecular flexibility index (Phi) is 2.30. The van der Waals surface area contributed by atoms with Gasteiger partial charge in [-0.05, 0) is 12.1 Å². The molecule has 4 N–H and O–H groups in total. The Bertz CT molecular complexity index is 145. The van der Waals surface area contributed by atoms with Crippen LogP contribution in [-0.2, 0) is 6.54 Å². The molecule has 50 valence electrons. The van der Waals surface area contributed by atoms with Crippen LogP contribution < -0.4 is 11.1 Å². The summed E-state index contributed by atoms with van der Waals surface area (Å²) in [5.41, 5.74) is 6.39. The molecule has 1 heterocycles. The molecular formula is C6H11N3. The molecule has 0 unspecified atom stereocenters. The Morgan fingerprint density at radius 1 is 1.67 bits per heavy atom. The lowest BCUT2D eigenvalue weighted by atomic mass is 10.4. The maximum Gasteiger partial charge on any atom is 0.0431 e. The van der Waals surface area contributed by atoms with Crippen LogP contribution in [0.2, 0.25) is 0 Å². The molecule has 3 nitrogen and oxygen atoms in total. The molecule has 0 bridgehead atoms. The van der Waals surface area contributed by atoms with Crippen LogP contribution in [0.5, 0.6) is 0 Å². The summed E-state index contributed by atoms with van der Waals surface area (Å²) in [6.45, 7) is 1.35. The summed E-state index contributed by atoms with van der Waals surface area (Å²) in [6, 6.07) is 3.98. The Labute approximate surface area is 54.3 Å². The number of hydrogen-bond donors (Lipinski definition) is 3. The Morgan fingerprint density at radius 2 is 2.56 bits per heavy atom. The second-order valence-corrected chi connectivity index (χ2v) is 1.83. The fraction of sp³-hybridized carbons (Fsp3) is 0.333. The van der Waals surface area contributed by atoms with Crippen molar-refractivity contribution in [3.8, 4) is 0 Å². The van der Waals surface area contributed by atoms with Gasteiger partial charge in [-0.15, -0.1) is 0 Å². The van der Waals surface area contributed by atoms with Crippen LogP contribution in [0.25, 0.3) is 0 Å². The fourth-order valence-corrected chi connectivity index (χ4v) is 0.684. The van der Waals surface area contributed by atoms with Gasteiger partial charge in [0, 0.05) is 25.1 Å². The fourth-order valence-electron chi connectivity index (χ4n) is 0.684. The molecule has 0 aliphatic rings. The van der Waals surface area contributed by atoms with Gasteiger partial charge in [-0.2, -0.15) is 0 Å². The van der Waals surface area contributed by atoms with Gasteiger partial charge in [0.2, 0.25) is 0 Å². The Balaban J connectivity index is 2.30. The number of rotatable bonds is 3. The maximum atomic E-state index is 5.22. The lowest BCUT2D eigenvalue weighted by Crippen LogP contribution is -2.21. The van der Waals surface area contributed by atoms with Crippen molar-refractivity contribution < 1.29 is 0 Å². The first-order chi connectivity index (χ1) is 4.43. The molecule has 0 amide bonds. The summed E-state index contributed by atoms with van der Waals surface area (Å²) in [5.74, 6) is 0. The van der Waals surface area contributed by atoms with Crippen LogP contribution in [0.15, 0.2) is 18.3 Å². The highest BCUT2D eigenvalue weighted by Crippen LogP contribution is 1.91. The topological polar surface area (TPSA) is 53.8 Å². The standard InChI is InChI=1S/C6H11N3/c7-5-8-4-6-2-1-3-9-6/h1-3,8-9H,4-5,7H2. The largest absolute Gasteiger partial charge is 0.364 e. The average molecular weight is 125 g/mol. The van der Waals surface area contributed by atoms with E-state index in [0.29, 0.717) is 6.67 Å². The van der Waals surface area contributed by atoms with Crippen molar-refractivity contribution in [2.75, 3.05) is 6.67 Å². The van der Waals surface area contributed by atoms with E-state index in [1.807, 2.05) is 18.3 Å². The molecule has 0 aliphatic heterocycles. The summed E-state index contributed by atoms with van der Waals surface area (Å²) in [7, 11) is 0. The van der Waals surface area contributed by atoms with E-state index in [1.54, 1.807) is 0 Å². The van der Waals surface area contributed by atoms with E-state index < -0.39 is 0 Å². The molecule has 0 radical (unpaired) electrons. The predicted molar refractivity (Wildman–Crippen MR) is 36.7 cm³/mol. The van der Waals surface area contributed by atoms with E-state index in [9.17, 15) is 0 Å². The highest BCUT2D eigenvalue weighted by atomic mass is 15.0. The highest BCUT2D eigenvalue weighted by Gasteiger charge is 1.86. The second-order valence-electron chi connectivity index (χ2n) is 1.83. The Morgan fingerprint density at radius 3 is 3.11 bits per heavy atom. The molecule has 1 aromatic rings. The SMILES string of the molecule is NCNCc1ccc[nH]1. The number of nitrogens with two attached hydrogens (primary N) is 1. The zero-order valence-electron chi connectivity index (χ0n) is 5.22. The molecule has 0 fully saturated rings. The number of aromatic nitrogens is 1. The number of aromatic amines is 1. The lowest BCUT2D eigenvalue weighted by Gasteiger charge is -1.95. The van der Waals surface area contributed by atoms with Gasteiger partial charge in [0.25, 0.3) is 0 Å². The number of H-pyrrole nitrogens is 1. The molecule has 0 saturated carbocycles. The minimum atomic E-state index is 0.527. The van der Waals surface area contributed by atoms with Gasteiger partial charge in [0.05, 0.1) is 0 Å². The third kappa shape index (κ3) is 1.87. The van der Waals surface area contributed by atoms with Gasteiger partial charge in [0.1, 0.15) is 0 Å². The number of hydrogen-bond acceptors (Lipinski definition) is 2. The minimum Gasteiger partial charge on any atom is -0.364 e. The van der Waals surface area contributed by atoms with Crippen molar-refractivity contribution in [3.05, 3.63) is 24.0 Å². The summed E-state index contributed by atoms with van der Waals surface area (Å²) >= 11 is 0. The highest BCUT2D eigenvalue weighted by molar-refractivity contribution is 5.02. The van der Waals surface area contributed by atoms with Gasteiger partial charge in [-0.25, -0.2) is 0 Å². The quantitative estimate of drug-likeness (QED) is 0.499. The van der Waals surface area contributed by atoms with Crippen molar-refractivity contribution in [2.45, 2.75) is 6.54 Å². The monoisotopic (exact) mass is 125 g/mol. The molecule has 0 saturated heterocycles. The second kappa shape index (κ2) is 3.27. The summed E-state index contributed by atoms with van der Waals surface area (Å²) in [6.07, 6.45) is 1.90. The van der Waals surface area contributed by atoms with Crippen LogP contribution in [-0.4, -0.2) is 11.7 Å². The minimum absolute atomic E-state index is 0.527. The molecule has 9 heavy (non-hydrogen) atoms. The summed E-state index contributed by atoms with van der Waals surface area (Å²) in [5, 5.41) is 3.00. The van der Waals surface area contributed by atoms with Gasteiger partial charge < -0.3 is 10.7 Å². The van der Waals surface area contributed by atoms with E-state index in [1.165, 1.54) is 5.69 Å². The van der Waals surface area contributed by atoms with E-state index >= 15 is 0 Å². The average Bonchev–Trinajstić information content (AvgIpc) is 2.34. The first-order valence-electron chi connectivity index (χ1n) is 2.96. The maximum absolute atomic E-state index is 5.22. The van der Waals surface area contributed by atoms with E-state index in [4.69, 9.17) is 5.73 Å². The molecule has 3 heteroatoms. The smallest absolute Gasteiger partial charge is 0.0431 e. The van der Waals surface area contributed by atoms with Gasteiger partial charge >= 0.3 is 0 Å². The van der Waals surface area contributed by atoms with E-state index in [2.05, 4.69) is 10.3 Å². The predicted octanol–water partition coefficient (Wildman–Crippen LogP) is 0.0205. The normalized spacial score (nSPS) is 9.89. The van der Waals surface area contributed by atoms with E-state index in [-0.39, 0.29) is 0 Å². The lowest BCUT2D eigenvalue weighted by molar-refractivity contribution is 0.698. The van der Waals surface area contributed by atoms with Crippen LogP contribution in [0.3, 0.4) is 0 Å². The van der Waals surface area contributed by atoms with Crippen molar-refractivity contribution in [3.63, 3.8) is 0 Å². The third-order valence-electron chi connectivity index (χ3n) is 1.12. The molecule has 0 aliphatic carbocycles. The van der Waals surface area contributed by atoms with E-state index in [0.717, 1.165) is 6.54 Å². The first-order valence-corrected chi connectivity index (χ1v) is 2.96. The van der Waals surface area contributed by atoms with Gasteiger partial charge in [-0.1, -0.05) is 0 Å². The van der Waals surface area contributed by atoms with Crippen molar-refractivity contribution in [2.24, 2.45) is 5.73 Å². The summed E-state index contributed by atoms with van der Waals surface area (Å²) in [4.78, 5) is 3.05. The molecule has 0 atom stereocenters. The molecular weight excluding hydrogens is 114 g/mol. The number of nitrogens with one attached hydrogen (secondary N) is 2. The van der Waals surface area contributed by atoms with Crippen LogP contribution >= 0.6 is 0 Å². The van der Waals surface area contributed by atoms with Crippen molar-refractivity contribution >= 4 is 0 Å².